The average Bonchev–Trinajstić information content (AvgIpc) is 3.23. The van der Waals surface area contributed by atoms with Gasteiger partial charge in [0.25, 0.3) is 0 Å². The van der Waals surface area contributed by atoms with Crippen molar-refractivity contribution in [3.05, 3.63) is 12.2 Å². The lowest BCUT2D eigenvalue weighted by Crippen LogP contribution is -2.45. The van der Waals surface area contributed by atoms with E-state index in [1.54, 1.807) is 27.7 Å². The molecule has 1 rings (SSSR count). The average molecular weight is 501 g/mol. The number of likely N-dealkylation sites (tertiary alicyclic amines) is 1. The highest BCUT2D eigenvalue weighted by Gasteiger charge is 2.43. The molecule has 35 heavy (non-hydrogen) atoms. The van der Waals surface area contributed by atoms with Gasteiger partial charge in [-0.2, -0.15) is 0 Å². The Hall–Kier alpha value is -3.48. The van der Waals surface area contributed by atoms with Crippen LogP contribution >= 0.6 is 0 Å². The number of hydrogen-bond donors (Lipinski definition) is 0. The molecule has 1 fully saturated rings. The van der Waals surface area contributed by atoms with Gasteiger partial charge in [0, 0.05) is 18.6 Å². The molecule has 0 spiro atoms. The van der Waals surface area contributed by atoms with E-state index in [1.807, 2.05) is 0 Å². The number of carbonyl (C=O) groups excluding carboxylic acids is 6. The third kappa shape index (κ3) is 10.1. The van der Waals surface area contributed by atoms with Crippen LogP contribution in [-0.2, 0) is 52.4 Å². The van der Waals surface area contributed by atoms with Crippen LogP contribution in [0.5, 0.6) is 0 Å². The summed E-state index contributed by atoms with van der Waals surface area (Å²) < 4.78 is 29.7. The molecule has 1 amide bonds. The minimum Gasteiger partial charge on any atom is -0.466 e. The molecule has 1 aliphatic heterocycles. The maximum Gasteiger partial charge on any atom is 0.413 e. The second-order valence-corrected chi connectivity index (χ2v) is 8.02. The maximum atomic E-state index is 12.6. The fourth-order valence-corrected chi connectivity index (χ4v) is 2.81. The molecule has 0 aromatic carbocycles. The zero-order chi connectivity index (χ0) is 26.5. The highest BCUT2D eigenvalue weighted by atomic mass is 16.7. The standard InChI is InChI=1S/C22H31NO12/c1-13(2)20(27)32-11-31-17(10-24)16-8-15(35-19(26)7-6-18(25)30-5)9-23(16)22(29)34-12-33-21(28)14(3)4/h6-7,10,13-17H,8-9,11-12H2,1-5H3/b7-6+/t15-,16+,17?/m1/s1. The molecule has 0 N–H and O–H groups in total. The second-order valence-electron chi connectivity index (χ2n) is 8.02. The SMILES string of the molecule is COC(=O)/C=C/C(=O)O[C@@H]1C[C@@H](C(C=O)OCOC(=O)C(C)C)N(C(=O)OCOC(=O)C(C)C)C1. The first kappa shape index (κ1) is 29.6. The Balaban J connectivity index is 2.88. The van der Waals surface area contributed by atoms with Crippen LogP contribution < -0.4 is 0 Å². The molecule has 0 radical (unpaired) electrons. The van der Waals surface area contributed by atoms with Crippen LogP contribution in [0.25, 0.3) is 0 Å². The van der Waals surface area contributed by atoms with Gasteiger partial charge in [-0.1, -0.05) is 27.7 Å². The summed E-state index contributed by atoms with van der Waals surface area (Å²) in [5, 5.41) is 0. The van der Waals surface area contributed by atoms with Crippen molar-refractivity contribution < 1.29 is 57.2 Å². The summed E-state index contributed by atoms with van der Waals surface area (Å²) in [6.45, 7) is 5.06. The Morgan fingerprint density at radius 1 is 0.886 bits per heavy atom. The van der Waals surface area contributed by atoms with Crippen LogP contribution in [0.3, 0.4) is 0 Å². The summed E-state index contributed by atoms with van der Waals surface area (Å²) in [5.74, 6) is -3.62. The van der Waals surface area contributed by atoms with E-state index in [9.17, 15) is 28.8 Å². The summed E-state index contributed by atoms with van der Waals surface area (Å²) in [5.41, 5.74) is 0. The van der Waals surface area contributed by atoms with Gasteiger partial charge >= 0.3 is 30.0 Å². The largest absolute Gasteiger partial charge is 0.466 e. The lowest BCUT2D eigenvalue weighted by molar-refractivity contribution is -0.169. The Kier molecular flexibility index (Phi) is 12.4. The zero-order valence-corrected chi connectivity index (χ0v) is 20.3. The zero-order valence-electron chi connectivity index (χ0n) is 20.3. The predicted molar refractivity (Wildman–Crippen MR) is 115 cm³/mol. The third-order valence-corrected chi connectivity index (χ3v) is 4.68. The quantitative estimate of drug-likeness (QED) is 0.121. The van der Waals surface area contributed by atoms with E-state index in [0.717, 1.165) is 24.2 Å². The molecule has 0 bridgehead atoms. The first-order chi connectivity index (χ1) is 16.5. The van der Waals surface area contributed by atoms with Crippen LogP contribution in [0.2, 0.25) is 0 Å². The van der Waals surface area contributed by atoms with E-state index < -0.39 is 73.6 Å². The topological polar surface area (TPSA) is 161 Å². The number of ether oxygens (including phenoxy) is 6. The van der Waals surface area contributed by atoms with Crippen LogP contribution in [0.15, 0.2) is 12.2 Å². The van der Waals surface area contributed by atoms with Gasteiger partial charge in [0.1, 0.15) is 12.2 Å². The number of aldehydes is 1. The summed E-state index contributed by atoms with van der Waals surface area (Å²) in [6, 6.07) is -0.957. The van der Waals surface area contributed by atoms with Crippen LogP contribution in [0.1, 0.15) is 34.1 Å². The Labute approximate surface area is 202 Å². The van der Waals surface area contributed by atoms with Crippen molar-refractivity contribution in [1.29, 1.82) is 0 Å². The van der Waals surface area contributed by atoms with Crippen molar-refractivity contribution in [3.8, 4) is 0 Å². The Bertz CT molecular complexity index is 806. The van der Waals surface area contributed by atoms with Gasteiger partial charge in [-0.05, 0) is 0 Å². The molecular formula is C22H31NO12. The van der Waals surface area contributed by atoms with Gasteiger partial charge in [-0.3, -0.25) is 14.5 Å². The van der Waals surface area contributed by atoms with Gasteiger partial charge in [-0.15, -0.1) is 0 Å². The van der Waals surface area contributed by atoms with Gasteiger partial charge in [0.15, 0.2) is 13.1 Å². The van der Waals surface area contributed by atoms with Crippen LogP contribution in [0, 0.1) is 11.8 Å². The van der Waals surface area contributed by atoms with Gasteiger partial charge in [0.2, 0.25) is 6.79 Å². The highest BCUT2D eigenvalue weighted by molar-refractivity contribution is 5.91. The number of nitrogens with zero attached hydrogens (tertiary/aromatic N) is 1. The lowest BCUT2D eigenvalue weighted by Gasteiger charge is -2.27. The molecule has 3 atom stereocenters. The number of carbonyl (C=O) groups is 6. The lowest BCUT2D eigenvalue weighted by atomic mass is 10.1. The van der Waals surface area contributed by atoms with E-state index in [1.165, 1.54) is 0 Å². The van der Waals surface area contributed by atoms with Crippen molar-refractivity contribution in [1.82, 2.24) is 4.90 Å². The summed E-state index contributed by atoms with van der Waals surface area (Å²) >= 11 is 0. The van der Waals surface area contributed by atoms with E-state index >= 15 is 0 Å². The summed E-state index contributed by atoms with van der Waals surface area (Å²) in [6.07, 6.45) is -0.991. The first-order valence-electron chi connectivity index (χ1n) is 10.8. The van der Waals surface area contributed by atoms with Gasteiger partial charge in [0.05, 0.1) is 31.5 Å². The first-order valence-corrected chi connectivity index (χ1v) is 10.8. The van der Waals surface area contributed by atoms with E-state index in [0.29, 0.717) is 6.29 Å². The van der Waals surface area contributed by atoms with E-state index in [-0.39, 0.29) is 13.0 Å². The Morgan fingerprint density at radius 2 is 1.46 bits per heavy atom. The molecular weight excluding hydrogens is 470 g/mol. The minimum absolute atomic E-state index is 0.0276. The summed E-state index contributed by atoms with van der Waals surface area (Å²) in [4.78, 5) is 71.7. The molecule has 0 aliphatic carbocycles. The molecule has 1 aliphatic rings. The molecule has 1 heterocycles. The highest BCUT2D eigenvalue weighted by Crippen LogP contribution is 2.25. The predicted octanol–water partition coefficient (Wildman–Crippen LogP) is 0.736. The molecule has 1 saturated heterocycles. The molecule has 13 heteroatoms. The second kappa shape index (κ2) is 14.7. The number of methoxy groups -OCH3 is 1. The van der Waals surface area contributed by atoms with Crippen molar-refractivity contribution in [2.75, 3.05) is 27.2 Å². The third-order valence-electron chi connectivity index (χ3n) is 4.68. The van der Waals surface area contributed by atoms with Crippen LogP contribution in [0.4, 0.5) is 4.79 Å². The van der Waals surface area contributed by atoms with Crippen LogP contribution in [-0.4, -0.2) is 86.6 Å². The van der Waals surface area contributed by atoms with E-state index in [2.05, 4.69) is 4.74 Å². The Morgan fingerprint density at radius 3 is 2.00 bits per heavy atom. The number of amides is 1. The molecule has 0 aromatic rings. The molecule has 13 nitrogen and oxygen atoms in total. The van der Waals surface area contributed by atoms with Crippen molar-refractivity contribution in [3.63, 3.8) is 0 Å². The molecule has 196 valence electrons. The maximum absolute atomic E-state index is 12.6. The number of rotatable bonds is 12. The normalized spacial score (nSPS) is 18.3. The fraction of sp³-hybridized carbons (Fsp3) is 0.636. The van der Waals surface area contributed by atoms with E-state index in [4.69, 9.17) is 23.7 Å². The van der Waals surface area contributed by atoms with Gasteiger partial charge < -0.3 is 33.2 Å². The van der Waals surface area contributed by atoms with Crippen molar-refractivity contribution >= 4 is 36.3 Å². The summed E-state index contributed by atoms with van der Waals surface area (Å²) in [7, 11) is 1.14. The van der Waals surface area contributed by atoms with Crippen molar-refractivity contribution in [2.45, 2.75) is 52.4 Å². The van der Waals surface area contributed by atoms with Crippen molar-refractivity contribution in [2.24, 2.45) is 11.8 Å². The monoisotopic (exact) mass is 501 g/mol. The molecule has 0 aromatic heterocycles. The molecule has 1 unspecified atom stereocenters. The number of hydrogen-bond acceptors (Lipinski definition) is 12. The van der Waals surface area contributed by atoms with Gasteiger partial charge in [-0.25, -0.2) is 14.4 Å². The smallest absolute Gasteiger partial charge is 0.413 e. The fourth-order valence-electron chi connectivity index (χ4n) is 2.81. The number of esters is 4. The molecule has 0 saturated carbocycles. The minimum atomic E-state index is -1.25.